The van der Waals surface area contributed by atoms with Crippen LogP contribution in [0.25, 0.3) is 0 Å². The van der Waals surface area contributed by atoms with E-state index in [0.717, 1.165) is 10.0 Å². The molecule has 19 heavy (non-hydrogen) atoms. The number of aryl methyl sites for hydroxylation is 2. The highest BCUT2D eigenvalue weighted by atomic mass is 79.9. The topological polar surface area (TPSA) is 51.1 Å². The minimum Gasteiger partial charge on any atom is -0.321 e. The number of anilines is 1. The number of nitrogens with one attached hydrogen (secondary N) is 1. The zero-order chi connectivity index (χ0) is 14.0. The van der Waals surface area contributed by atoms with Crippen LogP contribution in [0, 0.1) is 6.92 Å². The normalized spacial score (nSPS) is 10.3. The number of pyridine rings is 1. The van der Waals surface area contributed by atoms with E-state index in [2.05, 4.69) is 21.2 Å². The first-order valence-electron chi connectivity index (χ1n) is 5.71. The highest BCUT2D eigenvalue weighted by Crippen LogP contribution is 2.16. The van der Waals surface area contributed by atoms with Crippen molar-refractivity contribution in [3.05, 3.63) is 62.5 Å². The fourth-order valence-corrected chi connectivity index (χ4v) is 2.35. The lowest BCUT2D eigenvalue weighted by atomic mass is 10.1. The molecule has 0 spiro atoms. The van der Waals surface area contributed by atoms with Crippen molar-refractivity contribution in [1.82, 2.24) is 4.57 Å². The van der Waals surface area contributed by atoms with Gasteiger partial charge in [0, 0.05) is 29.3 Å². The molecule has 98 valence electrons. The fourth-order valence-electron chi connectivity index (χ4n) is 1.74. The Morgan fingerprint density at radius 2 is 2.00 bits per heavy atom. The predicted octanol–water partition coefficient (Wildman–Crippen LogP) is 2.71. The molecule has 2 rings (SSSR count). The van der Waals surface area contributed by atoms with Crippen LogP contribution in [0.15, 0.2) is 45.8 Å². The summed E-state index contributed by atoms with van der Waals surface area (Å²) >= 11 is 3.36. The third-order valence-corrected chi connectivity index (χ3v) is 3.11. The Hall–Kier alpha value is -1.88. The molecule has 0 radical (unpaired) electrons. The van der Waals surface area contributed by atoms with Gasteiger partial charge in [-0.05, 0) is 36.8 Å². The summed E-state index contributed by atoms with van der Waals surface area (Å²) in [5, 5.41) is 2.76. The molecule has 1 amide bonds. The number of carbonyl (C=O) groups is 1. The molecule has 0 aliphatic carbocycles. The van der Waals surface area contributed by atoms with Crippen molar-refractivity contribution in [3.8, 4) is 0 Å². The van der Waals surface area contributed by atoms with Gasteiger partial charge in [0.25, 0.3) is 5.91 Å². The molecule has 4 nitrogen and oxygen atoms in total. The molecule has 0 unspecified atom stereocenters. The molecule has 0 aliphatic heterocycles. The number of hydrogen-bond donors (Lipinski definition) is 1. The molecule has 0 saturated heterocycles. The quantitative estimate of drug-likeness (QED) is 0.925. The molecule has 0 saturated carbocycles. The molecule has 1 aromatic carbocycles. The van der Waals surface area contributed by atoms with Gasteiger partial charge in [-0.15, -0.1) is 0 Å². The zero-order valence-corrected chi connectivity index (χ0v) is 12.2. The summed E-state index contributed by atoms with van der Waals surface area (Å²) in [5.41, 5.74) is 2.04. The van der Waals surface area contributed by atoms with E-state index in [0.29, 0.717) is 11.3 Å². The molecule has 0 aliphatic rings. The first kappa shape index (κ1) is 13.5. The second-order valence-electron chi connectivity index (χ2n) is 4.34. The molecular weight excluding hydrogens is 308 g/mol. The summed E-state index contributed by atoms with van der Waals surface area (Å²) < 4.78 is 2.28. The van der Waals surface area contributed by atoms with E-state index < -0.39 is 0 Å². The predicted molar refractivity (Wildman–Crippen MR) is 78.5 cm³/mol. The van der Waals surface area contributed by atoms with Crippen LogP contribution in [-0.4, -0.2) is 10.5 Å². The van der Waals surface area contributed by atoms with Gasteiger partial charge in [-0.25, -0.2) is 0 Å². The summed E-state index contributed by atoms with van der Waals surface area (Å²) in [6.45, 7) is 1.92. The highest BCUT2D eigenvalue weighted by Gasteiger charge is 2.08. The van der Waals surface area contributed by atoms with Crippen molar-refractivity contribution in [1.29, 1.82) is 0 Å². The van der Waals surface area contributed by atoms with Gasteiger partial charge in [-0.3, -0.25) is 9.59 Å². The first-order valence-corrected chi connectivity index (χ1v) is 6.50. The molecule has 0 atom stereocenters. The number of amides is 1. The molecule has 1 aromatic heterocycles. The number of nitrogens with zero attached hydrogens (tertiary/aromatic N) is 1. The van der Waals surface area contributed by atoms with Gasteiger partial charge >= 0.3 is 0 Å². The summed E-state index contributed by atoms with van der Waals surface area (Å²) in [4.78, 5) is 23.4. The largest absolute Gasteiger partial charge is 0.321 e. The van der Waals surface area contributed by atoms with Crippen LogP contribution in [0.3, 0.4) is 0 Å². The molecule has 2 aromatic rings. The van der Waals surface area contributed by atoms with Crippen molar-refractivity contribution in [2.24, 2.45) is 7.05 Å². The lowest BCUT2D eigenvalue weighted by Crippen LogP contribution is -2.18. The summed E-state index contributed by atoms with van der Waals surface area (Å²) in [5.74, 6) is -0.206. The van der Waals surface area contributed by atoms with Crippen molar-refractivity contribution in [2.45, 2.75) is 6.92 Å². The zero-order valence-electron chi connectivity index (χ0n) is 10.6. The Balaban J connectivity index is 2.25. The number of rotatable bonds is 2. The van der Waals surface area contributed by atoms with Gasteiger partial charge in [-0.1, -0.05) is 15.9 Å². The Kier molecular flexibility index (Phi) is 3.85. The number of aromatic nitrogens is 1. The Morgan fingerprint density at radius 1 is 1.26 bits per heavy atom. The lowest BCUT2D eigenvalue weighted by Gasteiger charge is -2.07. The average Bonchev–Trinajstić information content (AvgIpc) is 2.32. The van der Waals surface area contributed by atoms with E-state index >= 15 is 0 Å². The number of halogens is 1. The van der Waals surface area contributed by atoms with E-state index in [1.165, 1.54) is 10.6 Å². The van der Waals surface area contributed by atoms with Gasteiger partial charge in [-0.2, -0.15) is 0 Å². The van der Waals surface area contributed by atoms with Crippen LogP contribution in [0.4, 0.5) is 5.69 Å². The SMILES string of the molecule is Cc1cc(Br)cc(C(=O)Nc2ccc(=O)n(C)c2)c1. The molecule has 0 fully saturated rings. The Bertz CT molecular complexity index is 672. The maximum atomic E-state index is 12.1. The van der Waals surface area contributed by atoms with Gasteiger partial charge in [0.2, 0.25) is 5.56 Å². The van der Waals surface area contributed by atoms with Crippen molar-refractivity contribution in [3.63, 3.8) is 0 Å². The molecule has 1 N–H and O–H groups in total. The van der Waals surface area contributed by atoms with Crippen LogP contribution in [-0.2, 0) is 7.05 Å². The third-order valence-electron chi connectivity index (χ3n) is 2.65. The van der Waals surface area contributed by atoms with Crippen LogP contribution in [0.2, 0.25) is 0 Å². The van der Waals surface area contributed by atoms with E-state index in [4.69, 9.17) is 0 Å². The summed E-state index contributed by atoms with van der Waals surface area (Å²) in [6.07, 6.45) is 1.59. The minimum atomic E-state index is -0.206. The van der Waals surface area contributed by atoms with Crippen molar-refractivity contribution in [2.75, 3.05) is 5.32 Å². The second-order valence-corrected chi connectivity index (χ2v) is 5.25. The van der Waals surface area contributed by atoms with Gasteiger partial charge in [0.05, 0.1) is 5.69 Å². The monoisotopic (exact) mass is 320 g/mol. The second kappa shape index (κ2) is 5.40. The molecule has 0 bridgehead atoms. The Labute approximate surface area is 119 Å². The molecular formula is C14H13BrN2O2. The van der Waals surface area contributed by atoms with E-state index in [9.17, 15) is 9.59 Å². The third kappa shape index (κ3) is 3.32. The van der Waals surface area contributed by atoms with E-state index in [1.54, 1.807) is 25.4 Å². The lowest BCUT2D eigenvalue weighted by molar-refractivity contribution is 0.102. The maximum Gasteiger partial charge on any atom is 0.255 e. The standard InChI is InChI=1S/C14H13BrN2O2/c1-9-5-10(7-11(15)6-9)14(19)16-12-3-4-13(18)17(2)8-12/h3-8H,1-2H3,(H,16,19). The smallest absolute Gasteiger partial charge is 0.255 e. The van der Waals surface area contributed by atoms with Crippen LogP contribution in [0.5, 0.6) is 0 Å². The summed E-state index contributed by atoms with van der Waals surface area (Å²) in [6, 6.07) is 8.50. The first-order chi connectivity index (χ1) is 8.95. The summed E-state index contributed by atoms with van der Waals surface area (Å²) in [7, 11) is 1.64. The van der Waals surface area contributed by atoms with Crippen LogP contribution >= 0.6 is 15.9 Å². The number of carbonyl (C=O) groups excluding carboxylic acids is 1. The van der Waals surface area contributed by atoms with Crippen molar-refractivity contribution < 1.29 is 4.79 Å². The highest BCUT2D eigenvalue weighted by molar-refractivity contribution is 9.10. The fraction of sp³-hybridized carbons (Fsp3) is 0.143. The molecule has 1 heterocycles. The molecule has 5 heteroatoms. The van der Waals surface area contributed by atoms with E-state index in [1.807, 2.05) is 19.1 Å². The van der Waals surface area contributed by atoms with Crippen LogP contribution < -0.4 is 10.9 Å². The van der Waals surface area contributed by atoms with Crippen LogP contribution in [0.1, 0.15) is 15.9 Å². The van der Waals surface area contributed by atoms with Crippen molar-refractivity contribution >= 4 is 27.5 Å². The minimum absolute atomic E-state index is 0.115. The Morgan fingerprint density at radius 3 is 2.63 bits per heavy atom. The number of benzene rings is 1. The number of hydrogen-bond acceptors (Lipinski definition) is 2. The van der Waals surface area contributed by atoms with Gasteiger partial charge in [0.1, 0.15) is 0 Å². The van der Waals surface area contributed by atoms with Gasteiger partial charge in [0.15, 0.2) is 0 Å². The van der Waals surface area contributed by atoms with E-state index in [-0.39, 0.29) is 11.5 Å². The average molecular weight is 321 g/mol. The van der Waals surface area contributed by atoms with Gasteiger partial charge < -0.3 is 9.88 Å². The maximum absolute atomic E-state index is 12.1.